The summed E-state index contributed by atoms with van der Waals surface area (Å²) in [5, 5.41) is 4.45. The van der Waals surface area contributed by atoms with Gasteiger partial charge in [0.15, 0.2) is 0 Å². The second-order valence-corrected chi connectivity index (χ2v) is 7.10. The first kappa shape index (κ1) is 16.2. The van der Waals surface area contributed by atoms with Gasteiger partial charge in [0.25, 0.3) is 0 Å². The zero-order valence-corrected chi connectivity index (χ0v) is 15.0. The highest BCUT2D eigenvalue weighted by Crippen LogP contribution is 2.51. The number of fused-ring (bicyclic) bond motifs is 3. The number of hydrogen-bond donors (Lipinski definition) is 1. The summed E-state index contributed by atoms with van der Waals surface area (Å²) < 4.78 is 4.92. The van der Waals surface area contributed by atoms with E-state index < -0.39 is 0 Å². The maximum absolute atomic E-state index is 12.1. The molecule has 1 aliphatic heterocycles. The molecule has 2 aromatic carbocycles. The third kappa shape index (κ3) is 2.54. The van der Waals surface area contributed by atoms with Gasteiger partial charge in [-0.15, -0.1) is 0 Å². The van der Waals surface area contributed by atoms with Gasteiger partial charge in [-0.1, -0.05) is 48.0 Å². The van der Waals surface area contributed by atoms with E-state index in [9.17, 15) is 4.79 Å². The molecule has 0 spiro atoms. The fourth-order valence-electron chi connectivity index (χ4n) is 4.18. The van der Waals surface area contributed by atoms with Crippen molar-refractivity contribution in [1.29, 1.82) is 0 Å². The van der Waals surface area contributed by atoms with E-state index in [1.807, 2.05) is 31.2 Å². The number of methoxy groups -OCH3 is 1. The highest BCUT2D eigenvalue weighted by Gasteiger charge is 2.39. The molecule has 0 saturated carbocycles. The molecule has 3 nitrogen and oxygen atoms in total. The second-order valence-electron chi connectivity index (χ2n) is 6.69. The number of rotatable bonds is 2. The zero-order valence-electron chi connectivity index (χ0n) is 14.3. The van der Waals surface area contributed by atoms with Gasteiger partial charge < -0.3 is 10.1 Å². The minimum atomic E-state index is -0.305. The average molecular weight is 354 g/mol. The van der Waals surface area contributed by atoms with Crippen LogP contribution >= 0.6 is 11.6 Å². The van der Waals surface area contributed by atoms with Crippen molar-refractivity contribution in [2.24, 2.45) is 5.92 Å². The van der Waals surface area contributed by atoms with Crippen molar-refractivity contribution in [1.82, 2.24) is 0 Å². The van der Waals surface area contributed by atoms with Gasteiger partial charge in [-0.3, -0.25) is 0 Å². The Kier molecular flexibility index (Phi) is 4.04. The van der Waals surface area contributed by atoms with E-state index in [1.165, 1.54) is 12.7 Å². The Morgan fingerprint density at radius 1 is 1.20 bits per heavy atom. The first-order chi connectivity index (χ1) is 12.1. The molecule has 2 aromatic rings. The van der Waals surface area contributed by atoms with Crippen molar-refractivity contribution in [3.8, 4) is 0 Å². The van der Waals surface area contributed by atoms with Gasteiger partial charge in [0.2, 0.25) is 0 Å². The minimum absolute atomic E-state index is 0.118. The average Bonchev–Trinajstić information content (AvgIpc) is 3.11. The number of allylic oxidation sites excluding steroid dienone is 2. The number of carbonyl (C=O) groups is 1. The third-order valence-electron chi connectivity index (χ3n) is 5.44. The maximum Gasteiger partial charge on any atom is 0.338 e. The largest absolute Gasteiger partial charge is 0.465 e. The van der Waals surface area contributed by atoms with Crippen molar-refractivity contribution in [3.63, 3.8) is 0 Å². The van der Waals surface area contributed by atoms with E-state index in [2.05, 4.69) is 29.6 Å². The van der Waals surface area contributed by atoms with Gasteiger partial charge in [0.1, 0.15) is 0 Å². The van der Waals surface area contributed by atoms with Crippen LogP contribution in [0.25, 0.3) is 0 Å². The van der Waals surface area contributed by atoms with E-state index in [0.717, 1.165) is 28.3 Å². The summed E-state index contributed by atoms with van der Waals surface area (Å²) in [5.41, 5.74) is 4.91. The van der Waals surface area contributed by atoms with Crippen molar-refractivity contribution < 1.29 is 9.53 Å². The quantitative estimate of drug-likeness (QED) is 0.591. The van der Waals surface area contributed by atoms with Crippen LogP contribution in [0.4, 0.5) is 5.69 Å². The van der Waals surface area contributed by atoms with E-state index in [1.54, 1.807) is 0 Å². The Balaban J connectivity index is 1.85. The summed E-state index contributed by atoms with van der Waals surface area (Å²) in [6.07, 6.45) is 5.55. The third-order valence-corrected chi connectivity index (χ3v) is 5.79. The Morgan fingerprint density at radius 3 is 2.76 bits per heavy atom. The molecule has 0 bridgehead atoms. The molecule has 25 heavy (non-hydrogen) atoms. The lowest BCUT2D eigenvalue weighted by Crippen LogP contribution is -2.30. The molecule has 4 rings (SSSR count). The van der Waals surface area contributed by atoms with Gasteiger partial charge in [-0.05, 0) is 48.1 Å². The lowest BCUT2D eigenvalue weighted by molar-refractivity contribution is 0.0600. The monoisotopic (exact) mass is 353 g/mol. The Morgan fingerprint density at radius 2 is 2.00 bits per heavy atom. The number of nitrogens with one attached hydrogen (secondary N) is 1. The summed E-state index contributed by atoms with van der Waals surface area (Å²) in [6.45, 7) is 1.97. The Hall–Kier alpha value is -2.26. The lowest BCUT2D eigenvalue weighted by Gasteiger charge is -2.39. The smallest absolute Gasteiger partial charge is 0.338 e. The molecule has 1 heterocycles. The van der Waals surface area contributed by atoms with Crippen LogP contribution in [0, 0.1) is 12.8 Å². The number of halogens is 1. The molecular weight excluding hydrogens is 334 g/mol. The van der Waals surface area contributed by atoms with E-state index in [0.29, 0.717) is 17.4 Å². The van der Waals surface area contributed by atoms with Crippen LogP contribution < -0.4 is 5.32 Å². The maximum atomic E-state index is 12.1. The van der Waals surface area contributed by atoms with Crippen LogP contribution in [0.2, 0.25) is 5.02 Å². The molecule has 0 fully saturated rings. The second kappa shape index (κ2) is 6.23. The van der Waals surface area contributed by atoms with Gasteiger partial charge in [0, 0.05) is 16.6 Å². The zero-order chi connectivity index (χ0) is 17.6. The van der Waals surface area contributed by atoms with Gasteiger partial charge >= 0.3 is 5.97 Å². The summed E-state index contributed by atoms with van der Waals surface area (Å²) in [4.78, 5) is 12.1. The van der Waals surface area contributed by atoms with Gasteiger partial charge in [0.05, 0.1) is 18.7 Å². The molecule has 4 heteroatoms. The number of hydrogen-bond acceptors (Lipinski definition) is 3. The number of carbonyl (C=O) groups excluding carboxylic acids is 1. The summed E-state index contributed by atoms with van der Waals surface area (Å²) in [5.74, 6) is 0.458. The van der Waals surface area contributed by atoms with Crippen LogP contribution in [0.3, 0.4) is 0 Å². The number of anilines is 1. The summed E-state index contributed by atoms with van der Waals surface area (Å²) >= 11 is 6.48. The molecule has 1 aliphatic carbocycles. The molecular formula is C21H20ClNO2. The number of ether oxygens (including phenoxy) is 1. The molecule has 2 aliphatic rings. The molecule has 128 valence electrons. The van der Waals surface area contributed by atoms with Crippen LogP contribution in [0.1, 0.15) is 45.4 Å². The molecule has 0 amide bonds. The van der Waals surface area contributed by atoms with E-state index in [4.69, 9.17) is 16.3 Å². The Bertz CT molecular complexity index is 874. The predicted octanol–water partition coefficient (Wildman–Crippen LogP) is 5.26. The van der Waals surface area contributed by atoms with Crippen LogP contribution in [-0.4, -0.2) is 13.1 Å². The SMILES string of the molecule is COC(=O)c1ccc2c(c1C)N[C@H](c1ccccc1Cl)[C@H]1CC=C[C@@H]21. The molecule has 1 N–H and O–H groups in total. The summed E-state index contributed by atoms with van der Waals surface area (Å²) in [7, 11) is 1.41. The van der Waals surface area contributed by atoms with Crippen molar-refractivity contribution in [3.05, 3.63) is 75.8 Å². The highest BCUT2D eigenvalue weighted by molar-refractivity contribution is 6.31. The topological polar surface area (TPSA) is 38.3 Å². The van der Waals surface area contributed by atoms with Crippen LogP contribution in [-0.2, 0) is 4.74 Å². The predicted molar refractivity (Wildman–Crippen MR) is 100 cm³/mol. The fraction of sp³-hybridized carbons (Fsp3) is 0.286. The van der Waals surface area contributed by atoms with Gasteiger partial charge in [-0.2, -0.15) is 0 Å². The van der Waals surface area contributed by atoms with Crippen LogP contribution in [0.5, 0.6) is 0 Å². The summed E-state index contributed by atoms with van der Waals surface area (Å²) in [6, 6.07) is 12.0. The number of benzene rings is 2. The standard InChI is InChI=1S/C21H20ClNO2/c1-12-13(21(24)25-2)10-11-16-14-7-5-8-15(14)20(23-19(12)16)17-6-3-4-9-18(17)22/h3-7,9-11,14-15,20,23H,8H2,1-2H3/t14-,15+,20+/m1/s1. The highest BCUT2D eigenvalue weighted by atomic mass is 35.5. The lowest BCUT2D eigenvalue weighted by atomic mass is 9.76. The minimum Gasteiger partial charge on any atom is -0.465 e. The van der Waals surface area contributed by atoms with E-state index >= 15 is 0 Å². The number of esters is 1. The van der Waals surface area contributed by atoms with Crippen LogP contribution in [0.15, 0.2) is 48.6 Å². The van der Waals surface area contributed by atoms with Crippen molar-refractivity contribution in [2.75, 3.05) is 12.4 Å². The molecule has 3 atom stereocenters. The normalized spacial score (nSPS) is 23.6. The fourth-order valence-corrected chi connectivity index (χ4v) is 4.43. The van der Waals surface area contributed by atoms with Gasteiger partial charge in [-0.25, -0.2) is 4.79 Å². The van der Waals surface area contributed by atoms with Crippen molar-refractivity contribution in [2.45, 2.75) is 25.3 Å². The first-order valence-corrected chi connectivity index (χ1v) is 8.89. The molecule has 0 unspecified atom stereocenters. The Labute approximate surface area is 152 Å². The van der Waals surface area contributed by atoms with Crippen molar-refractivity contribution >= 4 is 23.3 Å². The molecule has 0 radical (unpaired) electrons. The first-order valence-electron chi connectivity index (χ1n) is 8.51. The molecule has 0 saturated heterocycles. The molecule has 0 aromatic heterocycles. The van der Waals surface area contributed by atoms with E-state index in [-0.39, 0.29) is 12.0 Å².